The van der Waals surface area contributed by atoms with Crippen molar-refractivity contribution in [2.24, 2.45) is 0 Å². The van der Waals surface area contributed by atoms with Crippen LogP contribution in [0.1, 0.15) is 30.8 Å². The second-order valence-corrected chi connectivity index (χ2v) is 9.29. The Morgan fingerprint density at radius 1 is 1.08 bits per heavy atom. The molecular formula is C29H32ClN3O3. The molecule has 4 rings (SSSR count). The van der Waals surface area contributed by atoms with Crippen LogP contribution >= 0.6 is 11.6 Å². The van der Waals surface area contributed by atoms with Crippen molar-refractivity contribution in [1.82, 2.24) is 9.55 Å². The first-order chi connectivity index (χ1) is 17.4. The van der Waals surface area contributed by atoms with Crippen LogP contribution in [0.3, 0.4) is 0 Å². The van der Waals surface area contributed by atoms with Crippen molar-refractivity contribution in [2.75, 3.05) is 18.6 Å². The maximum absolute atomic E-state index is 14.0. The molecule has 1 heterocycles. The molecule has 0 fully saturated rings. The van der Waals surface area contributed by atoms with Gasteiger partial charge in [-0.3, -0.25) is 4.79 Å². The van der Waals surface area contributed by atoms with Crippen LogP contribution in [0.5, 0.6) is 5.75 Å². The number of ether oxygens (including phenoxy) is 2. The van der Waals surface area contributed by atoms with E-state index in [0.29, 0.717) is 23.2 Å². The lowest BCUT2D eigenvalue weighted by atomic mass is 10.0. The molecule has 36 heavy (non-hydrogen) atoms. The van der Waals surface area contributed by atoms with Gasteiger partial charge in [-0.25, -0.2) is 4.98 Å². The smallest absolute Gasteiger partial charge is 0.247 e. The predicted molar refractivity (Wildman–Crippen MR) is 145 cm³/mol. The Kier molecular flexibility index (Phi) is 8.28. The first kappa shape index (κ1) is 25.7. The molecule has 0 saturated heterocycles. The average molecular weight is 506 g/mol. The molecule has 6 nitrogen and oxygen atoms in total. The largest absolute Gasteiger partial charge is 0.486 e. The average Bonchev–Trinajstić information content (AvgIpc) is 3.22. The molecule has 0 radical (unpaired) electrons. The van der Waals surface area contributed by atoms with Crippen molar-refractivity contribution in [1.29, 1.82) is 0 Å². The molecule has 1 amide bonds. The van der Waals surface area contributed by atoms with Gasteiger partial charge in [-0.15, -0.1) is 0 Å². The SMILES string of the molecule is CCc1cccc(C)c1N(C(=O)Cn1c(COc2ccc(Cl)cc2)nc2ccccc21)[C@@H](C)COC. The molecule has 4 aromatic rings. The first-order valence-electron chi connectivity index (χ1n) is 12.1. The number of hydrogen-bond donors (Lipinski definition) is 0. The molecule has 0 unspecified atom stereocenters. The summed E-state index contributed by atoms with van der Waals surface area (Å²) in [7, 11) is 1.66. The number of halogens is 1. The first-order valence-corrected chi connectivity index (χ1v) is 12.5. The summed E-state index contributed by atoms with van der Waals surface area (Å²) in [6, 6.07) is 21.1. The Morgan fingerprint density at radius 2 is 1.83 bits per heavy atom. The van der Waals surface area contributed by atoms with Gasteiger partial charge in [0.25, 0.3) is 0 Å². The molecule has 0 aliphatic carbocycles. The summed E-state index contributed by atoms with van der Waals surface area (Å²) in [5.41, 5.74) is 4.86. The van der Waals surface area contributed by atoms with Crippen LogP contribution in [0, 0.1) is 6.92 Å². The zero-order valence-electron chi connectivity index (χ0n) is 21.2. The van der Waals surface area contributed by atoms with Crippen LogP contribution in [0.4, 0.5) is 5.69 Å². The number of fused-ring (bicyclic) bond motifs is 1. The molecule has 0 aliphatic rings. The topological polar surface area (TPSA) is 56.6 Å². The van der Waals surface area contributed by atoms with Gasteiger partial charge in [-0.1, -0.05) is 48.9 Å². The highest BCUT2D eigenvalue weighted by Gasteiger charge is 2.27. The minimum Gasteiger partial charge on any atom is -0.486 e. The molecule has 7 heteroatoms. The highest BCUT2D eigenvalue weighted by atomic mass is 35.5. The molecule has 3 aromatic carbocycles. The Labute approximate surface area is 217 Å². The predicted octanol–water partition coefficient (Wildman–Crippen LogP) is 6.21. The highest BCUT2D eigenvalue weighted by molar-refractivity contribution is 6.30. The Hall–Kier alpha value is -3.35. The van der Waals surface area contributed by atoms with Crippen LogP contribution in [-0.2, 0) is 29.1 Å². The van der Waals surface area contributed by atoms with Crippen molar-refractivity contribution in [2.45, 2.75) is 46.4 Å². The number of methoxy groups -OCH3 is 1. The molecule has 0 aliphatic heterocycles. The summed E-state index contributed by atoms with van der Waals surface area (Å²) >= 11 is 6.00. The molecule has 0 N–H and O–H groups in total. The van der Waals surface area contributed by atoms with Crippen molar-refractivity contribution in [3.63, 3.8) is 0 Å². The number of benzene rings is 3. The number of imidazole rings is 1. The summed E-state index contributed by atoms with van der Waals surface area (Å²) < 4.78 is 13.4. The van der Waals surface area contributed by atoms with Crippen LogP contribution in [0.15, 0.2) is 66.7 Å². The zero-order chi connectivity index (χ0) is 25.7. The number of nitrogens with zero attached hydrogens (tertiary/aromatic N) is 3. The van der Waals surface area contributed by atoms with Gasteiger partial charge in [0.2, 0.25) is 5.91 Å². The maximum Gasteiger partial charge on any atom is 0.247 e. The Bertz CT molecular complexity index is 1330. The number of carbonyl (C=O) groups excluding carboxylic acids is 1. The number of carbonyl (C=O) groups is 1. The number of hydrogen-bond acceptors (Lipinski definition) is 4. The molecule has 0 spiro atoms. The second kappa shape index (κ2) is 11.6. The van der Waals surface area contributed by atoms with Crippen molar-refractivity contribution >= 4 is 34.2 Å². The molecule has 0 bridgehead atoms. The number of para-hydroxylation sites is 3. The third kappa shape index (κ3) is 5.55. The van der Waals surface area contributed by atoms with Crippen LogP contribution in [0.25, 0.3) is 11.0 Å². The van der Waals surface area contributed by atoms with Crippen LogP contribution in [0.2, 0.25) is 5.02 Å². The van der Waals surface area contributed by atoms with Gasteiger partial charge in [0.15, 0.2) is 0 Å². The lowest BCUT2D eigenvalue weighted by Crippen LogP contribution is -2.44. The Balaban J connectivity index is 1.70. The van der Waals surface area contributed by atoms with Gasteiger partial charge >= 0.3 is 0 Å². The summed E-state index contributed by atoms with van der Waals surface area (Å²) in [6.45, 7) is 6.96. The van der Waals surface area contributed by atoms with E-state index >= 15 is 0 Å². The lowest BCUT2D eigenvalue weighted by molar-refractivity contribution is -0.119. The zero-order valence-corrected chi connectivity index (χ0v) is 22.0. The van der Waals surface area contributed by atoms with Crippen LogP contribution < -0.4 is 9.64 Å². The van der Waals surface area contributed by atoms with Gasteiger partial charge in [0.05, 0.1) is 29.4 Å². The minimum absolute atomic E-state index is 0.0283. The van der Waals surface area contributed by atoms with Crippen LogP contribution in [-0.4, -0.2) is 35.2 Å². The molecule has 1 aromatic heterocycles. The van der Waals surface area contributed by atoms with E-state index in [1.165, 1.54) is 0 Å². The van der Waals surface area contributed by atoms with E-state index < -0.39 is 0 Å². The minimum atomic E-state index is -0.141. The fourth-order valence-corrected chi connectivity index (χ4v) is 4.68. The lowest BCUT2D eigenvalue weighted by Gasteiger charge is -2.32. The summed E-state index contributed by atoms with van der Waals surface area (Å²) in [6.07, 6.45) is 0.828. The van der Waals surface area contributed by atoms with Crippen molar-refractivity contribution in [3.05, 3.63) is 88.7 Å². The van der Waals surface area contributed by atoms with Gasteiger partial charge in [-0.05, 0) is 67.8 Å². The fraction of sp³-hybridized carbons (Fsp3) is 0.310. The monoisotopic (exact) mass is 505 g/mol. The van der Waals surface area contributed by atoms with Gasteiger partial charge < -0.3 is 18.9 Å². The third-order valence-corrected chi connectivity index (χ3v) is 6.52. The Morgan fingerprint density at radius 3 is 2.56 bits per heavy atom. The van der Waals surface area contributed by atoms with E-state index in [0.717, 1.165) is 34.3 Å². The standard InChI is InChI=1S/C29H32ClN3O3/c1-5-22-10-8-9-20(2)29(22)33(21(3)18-35-4)28(34)17-32-26-12-7-6-11-25(26)31-27(32)19-36-24-15-13-23(30)14-16-24/h6-16,21H,5,17-19H2,1-4H3/t21-/m0/s1. The highest BCUT2D eigenvalue weighted by Crippen LogP contribution is 2.29. The summed E-state index contributed by atoms with van der Waals surface area (Å²) in [4.78, 5) is 20.7. The van der Waals surface area contributed by atoms with E-state index in [-0.39, 0.29) is 25.1 Å². The molecule has 0 saturated carbocycles. The van der Waals surface area contributed by atoms with Crippen molar-refractivity contribution < 1.29 is 14.3 Å². The maximum atomic E-state index is 14.0. The van der Waals surface area contributed by atoms with E-state index in [1.807, 2.05) is 71.8 Å². The number of anilines is 1. The van der Waals surface area contributed by atoms with E-state index in [1.54, 1.807) is 19.2 Å². The number of amides is 1. The number of aromatic nitrogens is 2. The van der Waals surface area contributed by atoms with Gasteiger partial charge in [0.1, 0.15) is 24.7 Å². The number of rotatable bonds is 10. The summed E-state index contributed by atoms with van der Waals surface area (Å²) in [5.74, 6) is 1.34. The van der Waals surface area contributed by atoms with E-state index in [4.69, 9.17) is 26.1 Å². The molecular weight excluding hydrogens is 474 g/mol. The molecule has 1 atom stereocenters. The third-order valence-electron chi connectivity index (χ3n) is 6.27. The second-order valence-electron chi connectivity index (χ2n) is 8.85. The van der Waals surface area contributed by atoms with Gasteiger partial charge in [-0.2, -0.15) is 0 Å². The number of aryl methyl sites for hydroxylation is 2. The van der Waals surface area contributed by atoms with Gasteiger partial charge in [0, 0.05) is 12.1 Å². The van der Waals surface area contributed by atoms with Crippen molar-refractivity contribution in [3.8, 4) is 5.75 Å². The van der Waals surface area contributed by atoms with E-state index in [2.05, 4.69) is 13.0 Å². The molecule has 188 valence electrons. The fourth-order valence-electron chi connectivity index (χ4n) is 4.56. The van der Waals surface area contributed by atoms with E-state index in [9.17, 15) is 4.79 Å². The summed E-state index contributed by atoms with van der Waals surface area (Å²) in [5, 5.41) is 0.646. The quantitative estimate of drug-likeness (QED) is 0.257. The normalized spacial score (nSPS) is 12.0.